The van der Waals surface area contributed by atoms with Gasteiger partial charge in [-0.05, 0) is 29.8 Å². The van der Waals surface area contributed by atoms with Gasteiger partial charge in [0.25, 0.3) is 0 Å². The Morgan fingerprint density at radius 2 is 1.65 bits per heavy atom. The molecule has 0 unspecified atom stereocenters. The van der Waals surface area contributed by atoms with Crippen LogP contribution in [0, 0.1) is 10.9 Å². The summed E-state index contributed by atoms with van der Waals surface area (Å²) in [5.41, 5.74) is 1.01. The number of nitrogens with one attached hydrogen (secondary N) is 1. The van der Waals surface area contributed by atoms with Crippen LogP contribution in [0.3, 0.4) is 0 Å². The van der Waals surface area contributed by atoms with Crippen molar-refractivity contribution in [1.29, 1.82) is 0 Å². The lowest BCUT2D eigenvalue weighted by Crippen LogP contribution is -2.11. The van der Waals surface area contributed by atoms with Gasteiger partial charge in [-0.1, -0.05) is 12.1 Å². The summed E-state index contributed by atoms with van der Waals surface area (Å²) in [7, 11) is 0. The molecule has 0 fully saturated rings. The van der Waals surface area contributed by atoms with Gasteiger partial charge in [0.1, 0.15) is 5.82 Å². The van der Waals surface area contributed by atoms with Gasteiger partial charge in [-0.2, -0.15) is 4.39 Å². The predicted molar refractivity (Wildman–Crippen MR) is 68.5 cm³/mol. The molecule has 17 heavy (non-hydrogen) atoms. The Labute approximate surface area is 109 Å². The SMILES string of the molecule is Cl.Fc1ccc(CNCc2ccc(F)s2)cc1. The Kier molecular flexibility index (Phi) is 5.55. The standard InChI is InChI=1S/C12H11F2NS.ClH/c13-10-3-1-9(2-4-10)7-15-8-11-5-6-12(14)16-11;/h1-6,15H,7-8H2;1H. The molecule has 1 heterocycles. The average Bonchev–Trinajstić information content (AvgIpc) is 2.67. The maximum absolute atomic E-state index is 12.7. The highest BCUT2D eigenvalue weighted by Crippen LogP contribution is 2.13. The van der Waals surface area contributed by atoms with Crippen molar-refractivity contribution in [3.05, 3.63) is 57.8 Å². The van der Waals surface area contributed by atoms with Crippen molar-refractivity contribution in [3.63, 3.8) is 0 Å². The van der Waals surface area contributed by atoms with Crippen LogP contribution in [-0.2, 0) is 13.1 Å². The van der Waals surface area contributed by atoms with Crippen molar-refractivity contribution in [3.8, 4) is 0 Å². The van der Waals surface area contributed by atoms with Crippen LogP contribution in [0.25, 0.3) is 0 Å². The molecule has 5 heteroatoms. The number of hydrogen-bond acceptors (Lipinski definition) is 2. The number of halogens is 3. The Hall–Kier alpha value is -0.970. The van der Waals surface area contributed by atoms with E-state index in [1.807, 2.05) is 0 Å². The van der Waals surface area contributed by atoms with E-state index in [1.165, 1.54) is 18.2 Å². The summed E-state index contributed by atoms with van der Waals surface area (Å²) in [5.74, 6) is -0.232. The van der Waals surface area contributed by atoms with Crippen LogP contribution in [0.15, 0.2) is 36.4 Å². The smallest absolute Gasteiger partial charge is 0.176 e. The Balaban J connectivity index is 0.00000144. The normalized spacial score (nSPS) is 10.0. The van der Waals surface area contributed by atoms with Crippen LogP contribution in [-0.4, -0.2) is 0 Å². The summed E-state index contributed by atoms with van der Waals surface area (Å²) in [6.45, 7) is 1.28. The molecule has 0 amide bonds. The molecule has 1 aromatic carbocycles. The summed E-state index contributed by atoms with van der Waals surface area (Å²) in [6.07, 6.45) is 0. The quantitative estimate of drug-likeness (QED) is 0.896. The van der Waals surface area contributed by atoms with E-state index in [-0.39, 0.29) is 23.4 Å². The van der Waals surface area contributed by atoms with E-state index in [0.717, 1.165) is 21.8 Å². The fourth-order valence-electron chi connectivity index (χ4n) is 1.38. The fourth-order valence-corrected chi connectivity index (χ4v) is 2.08. The highest BCUT2D eigenvalue weighted by molar-refractivity contribution is 7.10. The highest BCUT2D eigenvalue weighted by atomic mass is 35.5. The zero-order valence-electron chi connectivity index (χ0n) is 8.95. The lowest BCUT2D eigenvalue weighted by atomic mass is 10.2. The van der Waals surface area contributed by atoms with Crippen molar-refractivity contribution in [1.82, 2.24) is 5.32 Å². The van der Waals surface area contributed by atoms with E-state index in [2.05, 4.69) is 5.32 Å². The second-order valence-electron chi connectivity index (χ2n) is 3.44. The van der Waals surface area contributed by atoms with Crippen LogP contribution in [0.1, 0.15) is 10.4 Å². The van der Waals surface area contributed by atoms with Crippen molar-refractivity contribution >= 4 is 23.7 Å². The first-order chi connectivity index (χ1) is 7.74. The molecule has 0 atom stereocenters. The van der Waals surface area contributed by atoms with Crippen LogP contribution in [0.5, 0.6) is 0 Å². The lowest BCUT2D eigenvalue weighted by molar-refractivity contribution is 0.625. The Morgan fingerprint density at radius 3 is 2.24 bits per heavy atom. The summed E-state index contributed by atoms with van der Waals surface area (Å²) in [4.78, 5) is 0.958. The second kappa shape index (κ2) is 6.69. The molecule has 0 saturated heterocycles. The van der Waals surface area contributed by atoms with Crippen LogP contribution < -0.4 is 5.32 Å². The first-order valence-corrected chi connectivity index (χ1v) is 5.75. The Bertz CT molecular complexity index is 456. The van der Waals surface area contributed by atoms with E-state index in [9.17, 15) is 8.78 Å². The first kappa shape index (κ1) is 14.1. The summed E-state index contributed by atoms with van der Waals surface area (Å²) >= 11 is 1.14. The van der Waals surface area contributed by atoms with Gasteiger partial charge in [0, 0.05) is 18.0 Å². The maximum Gasteiger partial charge on any atom is 0.176 e. The fraction of sp³-hybridized carbons (Fsp3) is 0.167. The molecule has 0 aliphatic heterocycles. The molecule has 2 aromatic rings. The zero-order valence-corrected chi connectivity index (χ0v) is 10.6. The van der Waals surface area contributed by atoms with E-state index in [1.54, 1.807) is 18.2 Å². The third-order valence-corrected chi connectivity index (χ3v) is 3.04. The molecule has 2 rings (SSSR count). The van der Waals surface area contributed by atoms with E-state index < -0.39 is 0 Å². The maximum atomic E-state index is 12.7. The molecule has 0 spiro atoms. The average molecular weight is 276 g/mol. The predicted octanol–water partition coefficient (Wildman–Crippen LogP) is 3.74. The zero-order chi connectivity index (χ0) is 11.4. The van der Waals surface area contributed by atoms with E-state index >= 15 is 0 Å². The number of thiophene rings is 1. The topological polar surface area (TPSA) is 12.0 Å². The van der Waals surface area contributed by atoms with Gasteiger partial charge in [-0.3, -0.25) is 0 Å². The van der Waals surface area contributed by atoms with Gasteiger partial charge >= 0.3 is 0 Å². The summed E-state index contributed by atoms with van der Waals surface area (Å²) < 4.78 is 25.3. The summed E-state index contributed by atoms with van der Waals surface area (Å²) in [5, 5.41) is 3.00. The highest BCUT2D eigenvalue weighted by Gasteiger charge is 1.98. The molecular weight excluding hydrogens is 264 g/mol. The van der Waals surface area contributed by atoms with Crippen molar-refractivity contribution < 1.29 is 8.78 Å². The largest absolute Gasteiger partial charge is 0.308 e. The van der Waals surface area contributed by atoms with Gasteiger partial charge in [-0.15, -0.1) is 23.7 Å². The molecule has 0 aliphatic carbocycles. The van der Waals surface area contributed by atoms with E-state index in [4.69, 9.17) is 0 Å². The molecule has 1 aromatic heterocycles. The minimum absolute atomic E-state index is 0. The molecule has 1 nitrogen and oxygen atoms in total. The molecule has 0 saturated carbocycles. The van der Waals surface area contributed by atoms with Crippen LogP contribution in [0.2, 0.25) is 0 Å². The van der Waals surface area contributed by atoms with Crippen LogP contribution >= 0.6 is 23.7 Å². The van der Waals surface area contributed by atoms with Gasteiger partial charge in [0.05, 0.1) is 0 Å². The minimum Gasteiger partial charge on any atom is -0.308 e. The molecule has 1 N–H and O–H groups in total. The van der Waals surface area contributed by atoms with Gasteiger partial charge in [0.15, 0.2) is 5.13 Å². The van der Waals surface area contributed by atoms with Gasteiger partial charge < -0.3 is 5.32 Å². The summed E-state index contributed by atoms with van der Waals surface area (Å²) in [6, 6.07) is 9.55. The van der Waals surface area contributed by atoms with Crippen molar-refractivity contribution in [2.45, 2.75) is 13.1 Å². The van der Waals surface area contributed by atoms with Crippen molar-refractivity contribution in [2.24, 2.45) is 0 Å². The van der Waals surface area contributed by atoms with Crippen molar-refractivity contribution in [2.75, 3.05) is 0 Å². The number of rotatable bonds is 4. The Morgan fingerprint density at radius 1 is 0.941 bits per heavy atom. The number of benzene rings is 1. The molecule has 0 aliphatic rings. The monoisotopic (exact) mass is 275 g/mol. The second-order valence-corrected chi connectivity index (χ2v) is 4.55. The third-order valence-electron chi connectivity index (χ3n) is 2.17. The molecule has 0 bridgehead atoms. The number of hydrogen-bond donors (Lipinski definition) is 1. The van der Waals surface area contributed by atoms with E-state index in [0.29, 0.717) is 13.1 Å². The van der Waals surface area contributed by atoms with Gasteiger partial charge in [0.2, 0.25) is 0 Å². The molecule has 92 valence electrons. The lowest BCUT2D eigenvalue weighted by Gasteiger charge is -2.02. The van der Waals surface area contributed by atoms with Crippen LogP contribution in [0.4, 0.5) is 8.78 Å². The minimum atomic E-state index is -0.232. The third kappa shape index (κ3) is 4.42. The molecular formula is C12H12ClF2NS. The molecule has 0 radical (unpaired) electrons. The first-order valence-electron chi connectivity index (χ1n) is 4.93. The van der Waals surface area contributed by atoms with Gasteiger partial charge in [-0.25, -0.2) is 4.39 Å².